The molecule has 0 aromatic heterocycles. The molecule has 2 unspecified atom stereocenters. The lowest BCUT2D eigenvalue weighted by atomic mass is 9.93. The zero-order valence-corrected chi connectivity index (χ0v) is 11.7. The first kappa shape index (κ1) is 15.1. The van der Waals surface area contributed by atoms with Crippen LogP contribution in [-0.2, 0) is 0 Å². The molecule has 1 aromatic rings. The summed E-state index contributed by atoms with van der Waals surface area (Å²) >= 11 is 0. The van der Waals surface area contributed by atoms with Crippen LogP contribution >= 0.6 is 0 Å². The van der Waals surface area contributed by atoms with Gasteiger partial charge in [-0.1, -0.05) is 6.92 Å². The number of rotatable bonds is 2. The van der Waals surface area contributed by atoms with Crippen LogP contribution in [0.1, 0.15) is 27.2 Å². The van der Waals surface area contributed by atoms with E-state index in [-0.39, 0.29) is 24.2 Å². The third-order valence-electron chi connectivity index (χ3n) is 4.03. The highest BCUT2D eigenvalue weighted by Gasteiger charge is 2.36. The van der Waals surface area contributed by atoms with Crippen molar-refractivity contribution in [2.45, 2.75) is 38.8 Å². The number of hydrogen-bond acceptors (Lipinski definition) is 2. The zero-order chi connectivity index (χ0) is 15.1. The molecule has 0 radical (unpaired) electrons. The van der Waals surface area contributed by atoms with Crippen LogP contribution in [-0.4, -0.2) is 24.7 Å². The van der Waals surface area contributed by atoms with Gasteiger partial charge in [0.1, 0.15) is 5.69 Å². The van der Waals surface area contributed by atoms with Gasteiger partial charge in [0.2, 0.25) is 0 Å². The number of halogens is 4. The van der Waals surface area contributed by atoms with E-state index < -0.39 is 29.0 Å². The first-order valence-corrected chi connectivity index (χ1v) is 6.63. The number of piperazine rings is 1. The molecule has 1 saturated heterocycles. The second-order valence-electron chi connectivity index (χ2n) is 5.59. The maximum atomic E-state index is 13.9. The van der Waals surface area contributed by atoms with Gasteiger partial charge in [0.15, 0.2) is 23.3 Å². The Balaban J connectivity index is 2.49. The van der Waals surface area contributed by atoms with Crippen LogP contribution in [0.15, 0.2) is 6.07 Å². The maximum absolute atomic E-state index is 13.9. The van der Waals surface area contributed by atoms with Crippen LogP contribution in [0.2, 0.25) is 0 Å². The van der Waals surface area contributed by atoms with Crippen LogP contribution < -0.4 is 10.2 Å². The molecule has 0 saturated carbocycles. The van der Waals surface area contributed by atoms with E-state index in [2.05, 4.69) is 5.32 Å². The minimum atomic E-state index is -1.37. The van der Waals surface area contributed by atoms with Crippen molar-refractivity contribution in [3.8, 4) is 0 Å². The summed E-state index contributed by atoms with van der Waals surface area (Å²) in [7, 11) is 0. The first-order chi connectivity index (χ1) is 9.29. The van der Waals surface area contributed by atoms with E-state index in [1.165, 1.54) is 4.90 Å². The Morgan fingerprint density at radius 2 is 1.80 bits per heavy atom. The molecular formula is C14H18F4N2. The average Bonchev–Trinajstić information content (AvgIpc) is 2.41. The first-order valence-electron chi connectivity index (χ1n) is 6.63. The highest BCUT2D eigenvalue weighted by atomic mass is 19.2. The molecule has 0 aliphatic carbocycles. The van der Waals surface area contributed by atoms with E-state index in [4.69, 9.17) is 0 Å². The Bertz CT molecular complexity index is 494. The van der Waals surface area contributed by atoms with E-state index in [0.717, 1.165) is 6.42 Å². The quantitative estimate of drug-likeness (QED) is 0.664. The number of nitrogens with zero attached hydrogens (tertiary/aromatic N) is 1. The van der Waals surface area contributed by atoms with E-state index in [1.807, 2.05) is 13.8 Å². The lowest BCUT2D eigenvalue weighted by Gasteiger charge is -2.46. The second-order valence-corrected chi connectivity index (χ2v) is 5.59. The lowest BCUT2D eigenvalue weighted by Crippen LogP contribution is -2.62. The molecule has 1 aliphatic rings. The number of nitrogens with one attached hydrogen (secondary N) is 1. The van der Waals surface area contributed by atoms with E-state index in [0.29, 0.717) is 6.54 Å². The average molecular weight is 290 g/mol. The van der Waals surface area contributed by atoms with Crippen molar-refractivity contribution in [3.63, 3.8) is 0 Å². The highest BCUT2D eigenvalue weighted by molar-refractivity contribution is 5.52. The summed E-state index contributed by atoms with van der Waals surface area (Å²) < 4.78 is 54.5. The predicted molar refractivity (Wildman–Crippen MR) is 69.8 cm³/mol. The number of benzene rings is 1. The summed E-state index contributed by atoms with van der Waals surface area (Å²) in [5, 5.41) is 3.29. The lowest BCUT2D eigenvalue weighted by molar-refractivity contribution is 0.281. The van der Waals surface area contributed by atoms with E-state index >= 15 is 0 Å². The Morgan fingerprint density at radius 1 is 1.25 bits per heavy atom. The fourth-order valence-corrected chi connectivity index (χ4v) is 2.44. The second kappa shape index (κ2) is 5.24. The van der Waals surface area contributed by atoms with Gasteiger partial charge >= 0.3 is 0 Å². The molecule has 20 heavy (non-hydrogen) atoms. The topological polar surface area (TPSA) is 15.3 Å². The molecular weight excluding hydrogens is 272 g/mol. The molecule has 2 nitrogen and oxygen atoms in total. The summed E-state index contributed by atoms with van der Waals surface area (Å²) in [6.45, 7) is 6.38. The number of hydrogen-bond donors (Lipinski definition) is 1. The summed E-state index contributed by atoms with van der Waals surface area (Å²) in [6.07, 6.45) is 0.733. The summed E-state index contributed by atoms with van der Waals surface area (Å²) in [6, 6.07) is -0.0279. The summed E-state index contributed by atoms with van der Waals surface area (Å²) in [5.41, 5.74) is -0.968. The third-order valence-corrected chi connectivity index (χ3v) is 4.03. The van der Waals surface area contributed by atoms with Gasteiger partial charge < -0.3 is 10.2 Å². The van der Waals surface area contributed by atoms with Crippen LogP contribution in [0, 0.1) is 23.3 Å². The highest BCUT2D eigenvalue weighted by Crippen LogP contribution is 2.32. The normalized spacial score (nSPS) is 26.9. The molecule has 0 spiro atoms. The smallest absolute Gasteiger partial charge is 0.185 e. The van der Waals surface area contributed by atoms with Gasteiger partial charge in [-0.3, -0.25) is 0 Å². The van der Waals surface area contributed by atoms with Crippen molar-refractivity contribution in [3.05, 3.63) is 29.3 Å². The Morgan fingerprint density at radius 3 is 2.30 bits per heavy atom. The molecule has 1 aromatic carbocycles. The summed E-state index contributed by atoms with van der Waals surface area (Å²) in [4.78, 5) is 1.40. The molecule has 6 heteroatoms. The minimum Gasteiger partial charge on any atom is -0.361 e. The Labute approximate surface area is 115 Å². The van der Waals surface area contributed by atoms with Gasteiger partial charge in [-0.2, -0.15) is 0 Å². The monoisotopic (exact) mass is 290 g/mol. The maximum Gasteiger partial charge on any atom is 0.185 e. The molecule has 0 amide bonds. The SMILES string of the molecule is CCC1(C)CN(c2c(F)c(F)cc(F)c2F)C(C)CN1. The van der Waals surface area contributed by atoms with Crippen molar-refractivity contribution in [2.24, 2.45) is 0 Å². The van der Waals surface area contributed by atoms with Crippen molar-refractivity contribution in [1.82, 2.24) is 5.32 Å². The molecule has 112 valence electrons. The van der Waals surface area contributed by atoms with Crippen LogP contribution in [0.4, 0.5) is 23.2 Å². The minimum absolute atomic E-state index is 0.236. The van der Waals surface area contributed by atoms with Crippen molar-refractivity contribution >= 4 is 5.69 Å². The standard InChI is InChI=1S/C14H18F4N2/c1-4-14(3)7-20(8(2)6-19-14)13-11(17)9(15)5-10(16)12(13)18/h5,8,19H,4,6-7H2,1-3H3. The van der Waals surface area contributed by atoms with Gasteiger partial charge in [-0.25, -0.2) is 17.6 Å². The van der Waals surface area contributed by atoms with Crippen LogP contribution in [0.25, 0.3) is 0 Å². The van der Waals surface area contributed by atoms with Crippen molar-refractivity contribution < 1.29 is 17.6 Å². The largest absolute Gasteiger partial charge is 0.361 e. The molecule has 1 N–H and O–H groups in total. The fourth-order valence-electron chi connectivity index (χ4n) is 2.44. The molecule has 1 aliphatic heterocycles. The third kappa shape index (κ3) is 2.49. The van der Waals surface area contributed by atoms with E-state index in [1.54, 1.807) is 6.92 Å². The zero-order valence-electron chi connectivity index (χ0n) is 11.7. The molecule has 1 heterocycles. The number of anilines is 1. The summed E-state index contributed by atoms with van der Waals surface area (Å²) in [5.74, 6) is -5.42. The van der Waals surface area contributed by atoms with Crippen LogP contribution in [0.3, 0.4) is 0 Å². The Hall–Kier alpha value is -1.30. The van der Waals surface area contributed by atoms with Gasteiger partial charge in [0.25, 0.3) is 0 Å². The molecule has 2 atom stereocenters. The van der Waals surface area contributed by atoms with E-state index in [9.17, 15) is 17.6 Å². The Kier molecular flexibility index (Phi) is 3.95. The van der Waals surface area contributed by atoms with Gasteiger partial charge in [0.05, 0.1) is 0 Å². The van der Waals surface area contributed by atoms with Gasteiger partial charge in [-0.05, 0) is 20.3 Å². The fraction of sp³-hybridized carbons (Fsp3) is 0.571. The molecule has 1 fully saturated rings. The van der Waals surface area contributed by atoms with Gasteiger partial charge in [0, 0.05) is 30.7 Å². The predicted octanol–water partition coefficient (Wildman–Crippen LogP) is 3.21. The van der Waals surface area contributed by atoms with Crippen molar-refractivity contribution in [2.75, 3.05) is 18.0 Å². The van der Waals surface area contributed by atoms with Crippen LogP contribution in [0.5, 0.6) is 0 Å². The molecule has 2 rings (SSSR count). The molecule has 0 bridgehead atoms. The van der Waals surface area contributed by atoms with Crippen molar-refractivity contribution in [1.29, 1.82) is 0 Å². The van der Waals surface area contributed by atoms with Gasteiger partial charge in [-0.15, -0.1) is 0 Å².